The van der Waals surface area contributed by atoms with Crippen molar-refractivity contribution in [3.05, 3.63) is 28.4 Å². The molecule has 0 bridgehead atoms. The maximum atomic E-state index is 12.1. The van der Waals surface area contributed by atoms with Crippen LogP contribution in [-0.2, 0) is 4.74 Å². The summed E-state index contributed by atoms with van der Waals surface area (Å²) in [5.74, 6) is 0.224. The number of aromatic nitrogens is 2. The van der Waals surface area contributed by atoms with E-state index in [9.17, 15) is 9.59 Å². The molecule has 6 heteroatoms. The minimum Gasteiger partial charge on any atom is -0.381 e. The molecule has 0 saturated carbocycles. The Morgan fingerprint density at radius 3 is 3.16 bits per heavy atom. The molecule has 1 atom stereocenters. The molecular formula is C13H19N3O3. The van der Waals surface area contributed by atoms with Gasteiger partial charge in [-0.25, -0.2) is 0 Å². The van der Waals surface area contributed by atoms with Crippen molar-refractivity contribution in [3.8, 4) is 0 Å². The van der Waals surface area contributed by atoms with Crippen LogP contribution in [0.15, 0.2) is 17.2 Å². The molecule has 2 heterocycles. The zero-order chi connectivity index (χ0) is 13.7. The van der Waals surface area contributed by atoms with Gasteiger partial charge in [-0.1, -0.05) is 6.92 Å². The van der Waals surface area contributed by atoms with E-state index in [4.69, 9.17) is 4.74 Å². The van der Waals surface area contributed by atoms with E-state index in [0.717, 1.165) is 25.6 Å². The molecule has 2 rings (SSSR count). The van der Waals surface area contributed by atoms with Gasteiger partial charge in [0, 0.05) is 25.6 Å². The van der Waals surface area contributed by atoms with Gasteiger partial charge in [0.15, 0.2) is 0 Å². The van der Waals surface area contributed by atoms with E-state index in [1.165, 1.54) is 6.20 Å². The fourth-order valence-corrected chi connectivity index (χ4v) is 2.20. The lowest BCUT2D eigenvalue weighted by molar-refractivity contribution is 0.0748. The van der Waals surface area contributed by atoms with Gasteiger partial charge >= 0.3 is 0 Å². The largest absolute Gasteiger partial charge is 0.381 e. The SMILES string of the molecule is CCCOCC1CCN(C(=O)c2cncc(=O)[nH]2)C1. The minimum atomic E-state index is -0.354. The van der Waals surface area contributed by atoms with Crippen LogP contribution in [0.4, 0.5) is 0 Å². The lowest BCUT2D eigenvalue weighted by Crippen LogP contribution is -2.31. The second kappa shape index (κ2) is 6.47. The number of ether oxygens (including phenoxy) is 1. The second-order valence-electron chi connectivity index (χ2n) is 4.79. The summed E-state index contributed by atoms with van der Waals surface area (Å²) in [4.78, 5) is 31.3. The Kier molecular flexibility index (Phi) is 4.68. The summed E-state index contributed by atoms with van der Waals surface area (Å²) in [5.41, 5.74) is -0.101. The number of carbonyl (C=O) groups excluding carboxylic acids is 1. The van der Waals surface area contributed by atoms with Gasteiger partial charge in [0.1, 0.15) is 5.69 Å². The molecule has 1 unspecified atom stereocenters. The van der Waals surface area contributed by atoms with Crippen molar-refractivity contribution in [2.24, 2.45) is 5.92 Å². The van der Waals surface area contributed by atoms with Gasteiger partial charge in [-0.15, -0.1) is 0 Å². The van der Waals surface area contributed by atoms with E-state index >= 15 is 0 Å². The Morgan fingerprint density at radius 1 is 1.58 bits per heavy atom. The first-order chi connectivity index (χ1) is 9.20. The van der Waals surface area contributed by atoms with Gasteiger partial charge in [0.25, 0.3) is 11.5 Å². The first-order valence-corrected chi connectivity index (χ1v) is 6.62. The van der Waals surface area contributed by atoms with Crippen LogP contribution in [-0.4, -0.2) is 47.1 Å². The zero-order valence-corrected chi connectivity index (χ0v) is 11.1. The molecule has 0 spiro atoms. The second-order valence-corrected chi connectivity index (χ2v) is 4.79. The Hall–Kier alpha value is -1.69. The highest BCUT2D eigenvalue weighted by Crippen LogP contribution is 2.18. The van der Waals surface area contributed by atoms with Gasteiger partial charge in [-0.05, 0) is 12.8 Å². The van der Waals surface area contributed by atoms with Crippen LogP contribution in [0.1, 0.15) is 30.3 Å². The normalized spacial score (nSPS) is 18.8. The summed E-state index contributed by atoms with van der Waals surface area (Å²) in [7, 11) is 0. The minimum absolute atomic E-state index is 0.164. The third-order valence-corrected chi connectivity index (χ3v) is 3.16. The van der Waals surface area contributed by atoms with Crippen molar-refractivity contribution in [1.29, 1.82) is 0 Å². The van der Waals surface area contributed by atoms with Crippen molar-refractivity contribution in [2.75, 3.05) is 26.3 Å². The molecular weight excluding hydrogens is 246 g/mol. The zero-order valence-electron chi connectivity index (χ0n) is 11.1. The van der Waals surface area contributed by atoms with E-state index in [0.29, 0.717) is 25.6 Å². The molecule has 1 aliphatic rings. The summed E-state index contributed by atoms with van der Waals surface area (Å²) in [6, 6.07) is 0. The molecule has 6 nitrogen and oxygen atoms in total. The first-order valence-electron chi connectivity index (χ1n) is 6.62. The number of aromatic amines is 1. The van der Waals surface area contributed by atoms with Gasteiger partial charge in [-0.2, -0.15) is 0 Å². The average Bonchev–Trinajstić information content (AvgIpc) is 2.87. The number of hydrogen-bond donors (Lipinski definition) is 1. The number of nitrogens with zero attached hydrogens (tertiary/aromatic N) is 2. The summed E-state index contributed by atoms with van der Waals surface area (Å²) >= 11 is 0. The van der Waals surface area contributed by atoms with Crippen LogP contribution in [0.2, 0.25) is 0 Å². The number of rotatable bonds is 5. The summed E-state index contributed by atoms with van der Waals surface area (Å²) < 4.78 is 5.51. The smallest absolute Gasteiger partial charge is 0.271 e. The summed E-state index contributed by atoms with van der Waals surface area (Å²) in [5, 5.41) is 0. The van der Waals surface area contributed by atoms with Gasteiger partial charge in [-0.3, -0.25) is 14.6 Å². The lowest BCUT2D eigenvalue weighted by atomic mass is 10.1. The Labute approximate surface area is 111 Å². The van der Waals surface area contributed by atoms with Crippen molar-refractivity contribution >= 4 is 5.91 Å². The van der Waals surface area contributed by atoms with Crippen LogP contribution in [0.25, 0.3) is 0 Å². The van der Waals surface area contributed by atoms with Gasteiger partial charge in [0.2, 0.25) is 0 Å². The third-order valence-electron chi connectivity index (χ3n) is 3.16. The number of H-pyrrole nitrogens is 1. The summed E-state index contributed by atoms with van der Waals surface area (Å²) in [6.45, 7) is 4.92. The highest BCUT2D eigenvalue weighted by Gasteiger charge is 2.27. The van der Waals surface area contributed by atoms with E-state index in [1.807, 2.05) is 0 Å². The monoisotopic (exact) mass is 265 g/mol. The quantitative estimate of drug-likeness (QED) is 0.793. The highest BCUT2D eigenvalue weighted by molar-refractivity contribution is 5.92. The number of amides is 1. The highest BCUT2D eigenvalue weighted by atomic mass is 16.5. The molecule has 1 saturated heterocycles. The molecule has 0 radical (unpaired) electrons. The van der Waals surface area contributed by atoms with Crippen molar-refractivity contribution < 1.29 is 9.53 Å². The van der Waals surface area contributed by atoms with E-state index < -0.39 is 0 Å². The fraction of sp³-hybridized carbons (Fsp3) is 0.615. The Balaban J connectivity index is 1.90. The van der Waals surface area contributed by atoms with Crippen LogP contribution in [0.5, 0.6) is 0 Å². The molecule has 1 aromatic heterocycles. The molecule has 1 amide bonds. The standard InChI is InChI=1S/C13H19N3O3/c1-2-5-19-9-10-3-4-16(8-10)13(18)11-6-14-7-12(17)15-11/h6-7,10H,2-5,8-9H2,1H3,(H,15,17). The third kappa shape index (κ3) is 3.64. The van der Waals surface area contributed by atoms with E-state index in [-0.39, 0.29) is 17.2 Å². The Morgan fingerprint density at radius 2 is 2.42 bits per heavy atom. The predicted octanol–water partition coefficient (Wildman–Crippen LogP) is 0.659. The number of hydrogen-bond acceptors (Lipinski definition) is 4. The molecule has 104 valence electrons. The summed E-state index contributed by atoms with van der Waals surface area (Å²) in [6.07, 6.45) is 4.50. The molecule has 1 fully saturated rings. The molecule has 0 aliphatic carbocycles. The maximum Gasteiger partial charge on any atom is 0.271 e. The molecule has 19 heavy (non-hydrogen) atoms. The van der Waals surface area contributed by atoms with Crippen LogP contribution >= 0.6 is 0 Å². The van der Waals surface area contributed by atoms with Gasteiger partial charge < -0.3 is 14.6 Å². The number of nitrogens with one attached hydrogen (secondary N) is 1. The molecule has 1 N–H and O–H groups in total. The van der Waals surface area contributed by atoms with Crippen molar-refractivity contribution in [1.82, 2.24) is 14.9 Å². The van der Waals surface area contributed by atoms with Crippen LogP contribution in [0.3, 0.4) is 0 Å². The van der Waals surface area contributed by atoms with Crippen LogP contribution < -0.4 is 5.56 Å². The predicted molar refractivity (Wildman–Crippen MR) is 70.0 cm³/mol. The fourth-order valence-electron chi connectivity index (χ4n) is 2.20. The molecule has 0 aromatic carbocycles. The number of likely N-dealkylation sites (tertiary alicyclic amines) is 1. The lowest BCUT2D eigenvalue weighted by Gasteiger charge is -2.16. The van der Waals surface area contributed by atoms with Crippen molar-refractivity contribution in [2.45, 2.75) is 19.8 Å². The number of carbonyl (C=O) groups is 1. The topological polar surface area (TPSA) is 75.3 Å². The van der Waals surface area contributed by atoms with E-state index in [1.54, 1.807) is 4.90 Å². The maximum absolute atomic E-state index is 12.1. The average molecular weight is 265 g/mol. The van der Waals surface area contributed by atoms with Crippen molar-refractivity contribution in [3.63, 3.8) is 0 Å². The molecule has 1 aliphatic heterocycles. The van der Waals surface area contributed by atoms with Gasteiger partial charge in [0.05, 0.1) is 19.0 Å². The Bertz CT molecular complexity index is 486. The van der Waals surface area contributed by atoms with Crippen LogP contribution in [0, 0.1) is 5.92 Å². The first kappa shape index (κ1) is 13.7. The molecule has 1 aromatic rings. The van der Waals surface area contributed by atoms with E-state index in [2.05, 4.69) is 16.9 Å².